The molecule has 1 heterocycles. The molecule has 0 N–H and O–H groups in total. The zero-order valence-corrected chi connectivity index (χ0v) is 13.3. The lowest BCUT2D eigenvalue weighted by molar-refractivity contribution is -0.125. The zero-order chi connectivity index (χ0) is 15.5. The molecule has 0 spiro atoms. The number of anilines is 1. The lowest BCUT2D eigenvalue weighted by atomic mass is 10.0. The van der Waals surface area contributed by atoms with Gasteiger partial charge in [-0.1, -0.05) is 31.5 Å². The quantitative estimate of drug-likeness (QED) is 0.804. The number of carbonyl (C=O) groups excluding carboxylic acids is 1. The first kappa shape index (κ1) is 16.0. The monoisotopic (exact) mass is 310 g/mol. The second kappa shape index (κ2) is 6.58. The van der Waals surface area contributed by atoms with Crippen LogP contribution in [-0.4, -0.2) is 44.5 Å². The van der Waals surface area contributed by atoms with Crippen molar-refractivity contribution in [3.8, 4) is 0 Å². The van der Waals surface area contributed by atoms with E-state index in [0.717, 1.165) is 18.5 Å². The molecule has 0 unspecified atom stereocenters. The predicted octanol–water partition coefficient (Wildman–Crippen LogP) is 1.71. The third-order valence-electron chi connectivity index (χ3n) is 3.74. The first-order valence-electron chi connectivity index (χ1n) is 7.25. The van der Waals surface area contributed by atoms with Crippen molar-refractivity contribution in [1.82, 2.24) is 4.31 Å². The van der Waals surface area contributed by atoms with E-state index in [1.807, 2.05) is 30.3 Å². The van der Waals surface area contributed by atoms with Gasteiger partial charge in [-0.3, -0.25) is 4.79 Å². The molecule has 1 aromatic rings. The highest BCUT2D eigenvalue weighted by atomic mass is 32.2. The normalized spacial score (nSPS) is 16.5. The van der Waals surface area contributed by atoms with Crippen molar-refractivity contribution in [3.05, 3.63) is 30.3 Å². The molecule has 1 aliphatic heterocycles. The molecule has 1 aliphatic rings. The van der Waals surface area contributed by atoms with Crippen molar-refractivity contribution in [2.75, 3.05) is 30.8 Å². The minimum Gasteiger partial charge on any atom is -0.312 e. The number of carbonyl (C=O) groups is 1. The zero-order valence-electron chi connectivity index (χ0n) is 12.5. The van der Waals surface area contributed by atoms with Gasteiger partial charge in [0.05, 0.1) is 12.2 Å². The van der Waals surface area contributed by atoms with Crippen LogP contribution in [0.3, 0.4) is 0 Å². The summed E-state index contributed by atoms with van der Waals surface area (Å²) in [5.41, 5.74) is 0.883. The Bertz CT molecular complexity index is 580. The van der Waals surface area contributed by atoms with E-state index in [1.165, 1.54) is 10.6 Å². The highest BCUT2D eigenvalue weighted by molar-refractivity contribution is 7.88. The van der Waals surface area contributed by atoms with Gasteiger partial charge in [0, 0.05) is 25.3 Å². The van der Waals surface area contributed by atoms with Crippen LogP contribution in [0.15, 0.2) is 30.3 Å². The molecule has 0 saturated carbocycles. The molecule has 1 fully saturated rings. The molecular weight excluding hydrogens is 288 g/mol. The second-order valence-corrected chi connectivity index (χ2v) is 7.44. The first-order valence-corrected chi connectivity index (χ1v) is 9.10. The number of unbranched alkanes of at least 4 members (excludes halogenated alkanes) is 1. The van der Waals surface area contributed by atoms with Crippen molar-refractivity contribution >= 4 is 21.6 Å². The van der Waals surface area contributed by atoms with E-state index in [2.05, 4.69) is 6.92 Å². The maximum Gasteiger partial charge on any atom is 0.232 e. The minimum atomic E-state index is -3.18. The van der Waals surface area contributed by atoms with Crippen LogP contribution < -0.4 is 4.90 Å². The van der Waals surface area contributed by atoms with Gasteiger partial charge in [0.15, 0.2) is 0 Å². The highest BCUT2D eigenvalue weighted by Crippen LogP contribution is 2.24. The van der Waals surface area contributed by atoms with Crippen LogP contribution in [0.25, 0.3) is 0 Å². The molecule has 21 heavy (non-hydrogen) atoms. The number of rotatable bonds is 6. The van der Waals surface area contributed by atoms with Crippen LogP contribution >= 0.6 is 0 Å². The molecule has 6 heteroatoms. The molecule has 2 rings (SSSR count). The van der Waals surface area contributed by atoms with E-state index in [0.29, 0.717) is 19.6 Å². The Kier molecular flexibility index (Phi) is 5.00. The van der Waals surface area contributed by atoms with Gasteiger partial charge in [-0.25, -0.2) is 12.7 Å². The van der Waals surface area contributed by atoms with Crippen LogP contribution in [0.4, 0.5) is 5.69 Å². The summed E-state index contributed by atoms with van der Waals surface area (Å²) in [4.78, 5) is 14.4. The molecule has 0 aromatic heterocycles. The second-order valence-electron chi connectivity index (χ2n) is 5.46. The van der Waals surface area contributed by atoms with Crippen molar-refractivity contribution < 1.29 is 13.2 Å². The summed E-state index contributed by atoms with van der Waals surface area (Å²) < 4.78 is 24.1. The number of sulfonamides is 1. The van der Waals surface area contributed by atoms with E-state index in [9.17, 15) is 13.2 Å². The van der Waals surface area contributed by atoms with Crippen molar-refractivity contribution in [3.63, 3.8) is 0 Å². The maximum absolute atomic E-state index is 12.6. The molecule has 0 aliphatic carbocycles. The van der Waals surface area contributed by atoms with Gasteiger partial charge in [-0.05, 0) is 18.6 Å². The summed E-state index contributed by atoms with van der Waals surface area (Å²) in [7, 11) is -3.18. The lowest BCUT2D eigenvalue weighted by Gasteiger charge is -2.39. The number of benzene rings is 1. The van der Waals surface area contributed by atoms with Crippen molar-refractivity contribution in [2.45, 2.75) is 19.8 Å². The third kappa shape index (κ3) is 3.83. The van der Waals surface area contributed by atoms with Gasteiger partial charge in [0.25, 0.3) is 0 Å². The van der Waals surface area contributed by atoms with Crippen LogP contribution in [0, 0.1) is 5.92 Å². The Labute approximate surface area is 126 Å². The number of hydrogen-bond acceptors (Lipinski definition) is 3. The topological polar surface area (TPSA) is 57.7 Å². The molecule has 0 atom stereocenters. The highest BCUT2D eigenvalue weighted by Gasteiger charge is 2.39. The maximum atomic E-state index is 12.6. The van der Waals surface area contributed by atoms with E-state index >= 15 is 0 Å². The summed E-state index contributed by atoms with van der Waals surface area (Å²) in [6.07, 6.45) is 3.12. The summed E-state index contributed by atoms with van der Waals surface area (Å²) in [6, 6.07) is 9.57. The molecule has 1 aromatic carbocycles. The fourth-order valence-corrected chi connectivity index (χ4v) is 3.28. The standard InChI is InChI=1S/C15H22N2O3S/c1-3-4-10-17(14-8-6-5-7-9-14)15(18)13-11-16(12-13)21(2,19)20/h5-9,13H,3-4,10-12H2,1-2H3. The average Bonchev–Trinajstić information content (AvgIpc) is 2.37. The van der Waals surface area contributed by atoms with Gasteiger partial charge in [-0.15, -0.1) is 0 Å². The van der Waals surface area contributed by atoms with Crippen molar-refractivity contribution in [2.24, 2.45) is 5.92 Å². The van der Waals surface area contributed by atoms with Gasteiger partial charge in [0.2, 0.25) is 15.9 Å². The van der Waals surface area contributed by atoms with E-state index in [1.54, 1.807) is 4.90 Å². The van der Waals surface area contributed by atoms with Gasteiger partial charge in [0.1, 0.15) is 0 Å². The SMILES string of the molecule is CCCCN(C(=O)C1CN(S(C)(=O)=O)C1)c1ccccc1. The molecular formula is C15H22N2O3S. The fourth-order valence-electron chi connectivity index (χ4n) is 2.38. The molecule has 0 bridgehead atoms. The van der Waals surface area contributed by atoms with Gasteiger partial charge >= 0.3 is 0 Å². The largest absolute Gasteiger partial charge is 0.312 e. The number of amides is 1. The van der Waals surface area contributed by atoms with E-state index in [4.69, 9.17) is 0 Å². The molecule has 1 amide bonds. The third-order valence-corrected chi connectivity index (χ3v) is 4.97. The Morgan fingerprint density at radius 1 is 1.29 bits per heavy atom. The fraction of sp³-hybridized carbons (Fsp3) is 0.533. The smallest absolute Gasteiger partial charge is 0.232 e. The summed E-state index contributed by atoms with van der Waals surface area (Å²) in [5.74, 6) is -0.202. The number of hydrogen-bond donors (Lipinski definition) is 0. The van der Waals surface area contributed by atoms with Crippen LogP contribution in [0.2, 0.25) is 0 Å². The van der Waals surface area contributed by atoms with Crippen molar-refractivity contribution in [1.29, 1.82) is 0 Å². The molecule has 1 saturated heterocycles. The molecule has 5 nitrogen and oxygen atoms in total. The summed E-state index contributed by atoms with van der Waals surface area (Å²) in [5, 5.41) is 0. The van der Waals surface area contributed by atoms with Crippen LogP contribution in [-0.2, 0) is 14.8 Å². The minimum absolute atomic E-state index is 0.0227. The number of para-hydroxylation sites is 1. The predicted molar refractivity (Wildman–Crippen MR) is 83.6 cm³/mol. The Hall–Kier alpha value is -1.40. The molecule has 0 radical (unpaired) electrons. The Balaban J connectivity index is 2.06. The Morgan fingerprint density at radius 3 is 2.43 bits per heavy atom. The van der Waals surface area contributed by atoms with E-state index in [-0.39, 0.29) is 11.8 Å². The number of nitrogens with zero attached hydrogens (tertiary/aromatic N) is 2. The average molecular weight is 310 g/mol. The summed E-state index contributed by atoms with van der Waals surface area (Å²) >= 11 is 0. The van der Waals surface area contributed by atoms with E-state index < -0.39 is 10.0 Å². The molecule has 116 valence electrons. The van der Waals surface area contributed by atoms with Crippen LogP contribution in [0.1, 0.15) is 19.8 Å². The van der Waals surface area contributed by atoms with Crippen LogP contribution in [0.5, 0.6) is 0 Å². The first-order chi connectivity index (χ1) is 9.93. The Morgan fingerprint density at radius 2 is 1.90 bits per heavy atom. The van der Waals surface area contributed by atoms with Gasteiger partial charge < -0.3 is 4.90 Å². The van der Waals surface area contributed by atoms with Gasteiger partial charge in [-0.2, -0.15) is 0 Å². The summed E-state index contributed by atoms with van der Waals surface area (Å²) in [6.45, 7) is 3.36. The lowest BCUT2D eigenvalue weighted by Crippen LogP contribution is -2.56.